The topological polar surface area (TPSA) is 122 Å². The predicted octanol–water partition coefficient (Wildman–Crippen LogP) is 5.04. The van der Waals surface area contributed by atoms with Crippen LogP contribution in [0.25, 0.3) is 0 Å². The van der Waals surface area contributed by atoms with Crippen LogP contribution in [0.15, 0.2) is 44.2 Å². The van der Waals surface area contributed by atoms with Gasteiger partial charge in [0.25, 0.3) is 0 Å². The van der Waals surface area contributed by atoms with E-state index in [4.69, 9.17) is 21.1 Å². The Kier molecular flexibility index (Phi) is 9.22. The van der Waals surface area contributed by atoms with Gasteiger partial charge in [-0.15, -0.1) is 0 Å². The highest BCUT2D eigenvalue weighted by Crippen LogP contribution is 2.42. The fourth-order valence-corrected chi connectivity index (χ4v) is 6.88. The van der Waals surface area contributed by atoms with Crippen molar-refractivity contribution in [2.75, 3.05) is 30.9 Å². The van der Waals surface area contributed by atoms with Gasteiger partial charge in [-0.3, -0.25) is 9.58 Å². The van der Waals surface area contributed by atoms with Gasteiger partial charge >= 0.3 is 0 Å². The molecule has 13 heteroatoms. The molecule has 3 heterocycles. The van der Waals surface area contributed by atoms with E-state index in [1.807, 2.05) is 0 Å². The summed E-state index contributed by atoms with van der Waals surface area (Å²) in [6, 6.07) is 5.08. The number of nitrogens with zero attached hydrogens (tertiary/aromatic N) is 5. The number of benzene rings is 1. The van der Waals surface area contributed by atoms with Crippen molar-refractivity contribution >= 4 is 45.5 Å². The van der Waals surface area contributed by atoms with Crippen LogP contribution in [0.5, 0.6) is 5.75 Å². The van der Waals surface area contributed by atoms with Gasteiger partial charge in [0.05, 0.1) is 41.0 Å². The number of morpholine rings is 1. The molecule has 2 aliphatic heterocycles. The molecule has 2 atom stereocenters. The number of piperidine rings is 1. The maximum absolute atomic E-state index is 12.9. The van der Waals surface area contributed by atoms with E-state index in [2.05, 4.69) is 63.4 Å². The third-order valence-electron chi connectivity index (χ3n) is 8.39. The number of aryl methyl sites for hydroxylation is 2. The van der Waals surface area contributed by atoms with Gasteiger partial charge in [-0.05, 0) is 96.3 Å². The van der Waals surface area contributed by atoms with E-state index in [1.54, 1.807) is 34.0 Å². The van der Waals surface area contributed by atoms with E-state index in [0.717, 1.165) is 55.9 Å². The first-order valence-corrected chi connectivity index (χ1v) is 16.6. The maximum atomic E-state index is 12.9. The summed E-state index contributed by atoms with van der Waals surface area (Å²) >= 11 is 6.43. The number of likely N-dealkylation sites (N-methyl/N-ethyl adjacent to an activating group) is 1. The van der Waals surface area contributed by atoms with Crippen molar-refractivity contribution in [3.63, 3.8) is 0 Å². The standard InChI is InChI=1S/C30H42ClN7O4S/c1-17(2)43(39,40)29-26(14-37(6)36-29)33-28(19(4)31)35-30(32-5)34-25-10-18(3)24(13-27(25)42-23-8-9-23)20-11-21-15-41-16-22(12-20)38(21)7/h10,13-14,17,20-23,33H,5,8-9,11-12,15-16H2,1-4,6-7H3,(H,34,35)/b28-19+. The summed E-state index contributed by atoms with van der Waals surface area (Å²) < 4.78 is 39.6. The summed E-state index contributed by atoms with van der Waals surface area (Å²) in [6.45, 7) is 12.3. The normalized spacial score (nSPS) is 23.6. The Balaban J connectivity index is 1.43. The molecule has 1 aromatic carbocycles. The Morgan fingerprint density at radius 3 is 2.42 bits per heavy atom. The highest BCUT2D eigenvalue weighted by Gasteiger charge is 2.38. The summed E-state index contributed by atoms with van der Waals surface area (Å²) in [5.74, 6) is 1.56. The molecule has 2 aromatic rings. The van der Waals surface area contributed by atoms with Gasteiger partial charge in [0.1, 0.15) is 11.6 Å². The molecule has 1 saturated carbocycles. The second-order valence-corrected chi connectivity index (χ2v) is 15.0. The lowest BCUT2D eigenvalue weighted by molar-refractivity contribution is -0.0654. The van der Waals surface area contributed by atoms with Gasteiger partial charge in [0.15, 0.2) is 0 Å². The number of rotatable bonds is 9. The highest BCUT2D eigenvalue weighted by atomic mass is 35.5. The van der Waals surface area contributed by atoms with Gasteiger partial charge < -0.3 is 20.1 Å². The monoisotopic (exact) mass is 631 g/mol. The SMILES string of the molecule is C=NC(=N/C(Nc1cn(C)nc1S(=O)(=O)C(C)C)=C(\C)Cl)Nc1cc(C)c(C2CC3COCC(C2)N3C)cc1OC1CC1. The van der Waals surface area contributed by atoms with Crippen molar-refractivity contribution in [3.05, 3.63) is 40.3 Å². The molecule has 3 aliphatic rings. The fraction of sp³-hybridized carbons (Fsp3) is 0.567. The molecular weight excluding hydrogens is 590 g/mol. The van der Waals surface area contributed by atoms with Crippen LogP contribution in [0.1, 0.15) is 63.5 Å². The molecule has 2 bridgehead atoms. The van der Waals surface area contributed by atoms with E-state index < -0.39 is 15.1 Å². The van der Waals surface area contributed by atoms with Gasteiger partial charge in [0.2, 0.25) is 20.8 Å². The Hall–Kier alpha value is -2.93. The molecule has 0 radical (unpaired) electrons. The average Bonchev–Trinajstić information content (AvgIpc) is 3.67. The minimum atomic E-state index is -3.66. The molecule has 2 saturated heterocycles. The lowest BCUT2D eigenvalue weighted by atomic mass is 9.79. The molecule has 0 amide bonds. The Bertz CT molecular complexity index is 1530. The first-order valence-electron chi connectivity index (χ1n) is 14.7. The van der Waals surface area contributed by atoms with Crippen molar-refractivity contribution in [2.24, 2.45) is 17.0 Å². The molecule has 0 spiro atoms. The van der Waals surface area contributed by atoms with Crippen LogP contribution < -0.4 is 15.4 Å². The van der Waals surface area contributed by atoms with Crippen LogP contribution in [0.4, 0.5) is 11.4 Å². The largest absolute Gasteiger partial charge is 0.488 e. The first kappa shape index (κ1) is 31.5. The number of hydrogen-bond acceptors (Lipinski definition) is 8. The minimum absolute atomic E-state index is 0.0763. The number of halogens is 1. The highest BCUT2D eigenvalue weighted by molar-refractivity contribution is 7.92. The molecular formula is C30H42ClN7O4S. The Labute approximate surface area is 259 Å². The third kappa shape index (κ3) is 6.92. The molecule has 43 heavy (non-hydrogen) atoms. The van der Waals surface area contributed by atoms with E-state index in [1.165, 1.54) is 10.2 Å². The summed E-state index contributed by atoms with van der Waals surface area (Å²) in [5.41, 5.74) is 3.45. The number of ether oxygens (including phenoxy) is 2. The minimum Gasteiger partial charge on any atom is -0.488 e. The van der Waals surface area contributed by atoms with Gasteiger partial charge in [0, 0.05) is 25.3 Å². The zero-order chi connectivity index (χ0) is 31.1. The van der Waals surface area contributed by atoms with Gasteiger partial charge in [-0.25, -0.2) is 13.4 Å². The third-order valence-corrected chi connectivity index (χ3v) is 10.7. The summed E-state index contributed by atoms with van der Waals surface area (Å²) in [7, 11) is 0.196. The molecule has 5 rings (SSSR count). The quantitative estimate of drug-likeness (QED) is 0.292. The van der Waals surface area contributed by atoms with Crippen LogP contribution in [0.2, 0.25) is 0 Å². The number of aromatic nitrogens is 2. The summed E-state index contributed by atoms with van der Waals surface area (Å²) in [4.78, 5) is 11.2. The second-order valence-electron chi connectivity index (χ2n) is 12.0. The predicted molar refractivity (Wildman–Crippen MR) is 171 cm³/mol. The van der Waals surface area contributed by atoms with Crippen LogP contribution in [-0.2, 0) is 21.6 Å². The smallest absolute Gasteiger partial charge is 0.228 e. The molecule has 2 unspecified atom stereocenters. The van der Waals surface area contributed by atoms with Crippen LogP contribution in [0, 0.1) is 6.92 Å². The van der Waals surface area contributed by atoms with Crippen LogP contribution in [-0.4, -0.2) is 79.5 Å². The number of aliphatic imine (C=N–C) groups is 2. The van der Waals surface area contributed by atoms with Crippen molar-refractivity contribution in [1.29, 1.82) is 0 Å². The van der Waals surface area contributed by atoms with Crippen molar-refractivity contribution in [2.45, 2.75) is 87.8 Å². The van der Waals surface area contributed by atoms with E-state index in [9.17, 15) is 8.42 Å². The van der Waals surface area contributed by atoms with Gasteiger partial charge in [-0.1, -0.05) is 11.6 Å². The lowest BCUT2D eigenvalue weighted by Gasteiger charge is -2.47. The number of allylic oxidation sites excluding steroid dienone is 1. The zero-order valence-electron chi connectivity index (χ0n) is 25.7. The Morgan fingerprint density at radius 1 is 1.16 bits per heavy atom. The molecule has 1 aromatic heterocycles. The molecule has 2 N–H and O–H groups in total. The molecule has 3 fully saturated rings. The van der Waals surface area contributed by atoms with E-state index >= 15 is 0 Å². The summed E-state index contributed by atoms with van der Waals surface area (Å²) in [6.07, 6.45) is 5.89. The summed E-state index contributed by atoms with van der Waals surface area (Å²) in [5, 5.41) is 10.1. The number of nitrogens with one attached hydrogen (secondary N) is 2. The average molecular weight is 632 g/mol. The lowest BCUT2D eigenvalue weighted by Crippen LogP contribution is -2.54. The molecule has 1 aliphatic carbocycles. The van der Waals surface area contributed by atoms with Crippen LogP contribution >= 0.6 is 11.6 Å². The van der Waals surface area contributed by atoms with E-state index in [0.29, 0.717) is 23.0 Å². The first-order chi connectivity index (χ1) is 20.4. The molecule has 11 nitrogen and oxygen atoms in total. The zero-order valence-corrected chi connectivity index (χ0v) is 27.3. The number of guanidine groups is 1. The Morgan fingerprint density at radius 2 is 1.84 bits per heavy atom. The van der Waals surface area contributed by atoms with E-state index in [-0.39, 0.29) is 28.6 Å². The van der Waals surface area contributed by atoms with Gasteiger partial charge in [-0.2, -0.15) is 10.1 Å². The van der Waals surface area contributed by atoms with Crippen molar-refractivity contribution < 1.29 is 17.9 Å². The number of hydrogen-bond donors (Lipinski definition) is 2. The number of sulfone groups is 1. The maximum Gasteiger partial charge on any atom is 0.228 e. The number of anilines is 2. The number of fused-ring (bicyclic) bond motifs is 2. The molecule has 234 valence electrons. The fourth-order valence-electron chi connectivity index (χ4n) is 5.69. The van der Waals surface area contributed by atoms with Crippen molar-refractivity contribution in [1.82, 2.24) is 14.7 Å². The van der Waals surface area contributed by atoms with Crippen LogP contribution in [0.3, 0.4) is 0 Å². The second kappa shape index (κ2) is 12.6. The van der Waals surface area contributed by atoms with Crippen molar-refractivity contribution in [3.8, 4) is 5.75 Å².